The fourth-order valence-corrected chi connectivity index (χ4v) is 12.1. The lowest BCUT2D eigenvalue weighted by Crippen LogP contribution is -2.25. The third-order valence-electron chi connectivity index (χ3n) is 5.25. The highest BCUT2D eigenvalue weighted by Crippen LogP contribution is 2.51. The van der Waals surface area contributed by atoms with Crippen molar-refractivity contribution in [2.24, 2.45) is 4.41 Å². The highest BCUT2D eigenvalue weighted by Gasteiger charge is 2.29. The van der Waals surface area contributed by atoms with E-state index in [4.69, 9.17) is 9.39 Å². The molecule has 4 aromatic rings. The van der Waals surface area contributed by atoms with Crippen molar-refractivity contribution in [2.45, 2.75) is 39.7 Å². The molecule has 0 atom stereocenters. The van der Waals surface area contributed by atoms with E-state index in [2.05, 4.69) is 111 Å². The number of rotatable bonds is 6. The standard InChI is InChI=1S/C26H31N4PSi/c1-21-19-22(2)30(28-21)26-18-12-13-23(27-26)20-31(29-32(3,4)5,24-14-8-6-9-15-24)25-16-10-7-11-17-25/h6-19H,20H2,1-5H3. The largest absolute Gasteiger partial charge is 0.329 e. The molecule has 2 aromatic carbocycles. The molecule has 0 aliphatic rings. The van der Waals surface area contributed by atoms with Crippen LogP contribution in [-0.4, -0.2) is 23.0 Å². The molecule has 0 radical (unpaired) electrons. The van der Waals surface area contributed by atoms with Crippen LogP contribution in [0.25, 0.3) is 5.82 Å². The minimum absolute atomic E-state index is 0.804. The maximum Gasteiger partial charge on any atom is 0.171 e. The minimum atomic E-state index is -2.07. The van der Waals surface area contributed by atoms with Crippen LogP contribution in [0.4, 0.5) is 0 Å². The van der Waals surface area contributed by atoms with Gasteiger partial charge in [0.1, 0.15) is 0 Å². The van der Waals surface area contributed by atoms with E-state index in [1.807, 2.05) is 17.7 Å². The van der Waals surface area contributed by atoms with Crippen LogP contribution in [0.15, 0.2) is 89.3 Å². The van der Waals surface area contributed by atoms with Crippen molar-refractivity contribution in [3.05, 3.63) is 102 Å². The van der Waals surface area contributed by atoms with Crippen molar-refractivity contribution >= 4 is 25.9 Å². The molecular weight excluding hydrogens is 427 g/mol. The topological polar surface area (TPSA) is 43.1 Å². The third kappa shape index (κ3) is 4.84. The lowest BCUT2D eigenvalue weighted by Gasteiger charge is -2.30. The fraction of sp³-hybridized carbons (Fsp3) is 0.231. The third-order valence-corrected chi connectivity index (χ3v) is 12.1. The monoisotopic (exact) mass is 458 g/mol. The average molecular weight is 459 g/mol. The first-order valence-electron chi connectivity index (χ1n) is 11.0. The Bertz CT molecular complexity index is 1210. The molecule has 2 aromatic heterocycles. The van der Waals surface area contributed by atoms with Gasteiger partial charge in [-0.3, -0.25) is 0 Å². The predicted octanol–water partition coefficient (Wildman–Crippen LogP) is 6.07. The predicted molar refractivity (Wildman–Crippen MR) is 139 cm³/mol. The molecule has 2 heterocycles. The van der Waals surface area contributed by atoms with Crippen molar-refractivity contribution in [2.75, 3.05) is 0 Å². The van der Waals surface area contributed by atoms with Gasteiger partial charge in [-0.25, -0.2) is 9.67 Å². The van der Waals surface area contributed by atoms with Gasteiger partial charge in [0, 0.05) is 24.6 Å². The molecule has 0 aliphatic carbocycles. The number of benzene rings is 2. The quantitative estimate of drug-likeness (QED) is 0.260. The SMILES string of the molecule is Cc1cc(C)n(-c2cccc(CP(=N[Si](C)(C)C)(c3ccccc3)c3ccccc3)n2)n1. The second kappa shape index (κ2) is 9.01. The summed E-state index contributed by atoms with van der Waals surface area (Å²) in [4.78, 5) is 5.07. The summed E-state index contributed by atoms with van der Waals surface area (Å²) in [7, 11) is -3.83. The van der Waals surface area contributed by atoms with Crippen LogP contribution in [-0.2, 0) is 6.16 Å². The zero-order valence-corrected chi connectivity index (χ0v) is 21.4. The Hall–Kier alpha value is -2.75. The molecule has 0 unspecified atom stereocenters. The van der Waals surface area contributed by atoms with Crippen LogP contribution in [0, 0.1) is 13.8 Å². The summed E-state index contributed by atoms with van der Waals surface area (Å²) in [6.07, 6.45) is 0.804. The smallest absolute Gasteiger partial charge is 0.171 e. The summed E-state index contributed by atoms with van der Waals surface area (Å²) in [6.45, 7) is 11.1. The number of aromatic nitrogens is 3. The minimum Gasteiger partial charge on any atom is -0.329 e. The highest BCUT2D eigenvalue weighted by molar-refractivity contribution is 7.81. The maximum atomic E-state index is 5.69. The summed E-state index contributed by atoms with van der Waals surface area (Å²) in [6, 6.07) is 30.0. The van der Waals surface area contributed by atoms with E-state index in [0.29, 0.717) is 0 Å². The lowest BCUT2D eigenvalue weighted by molar-refractivity contribution is 0.800. The molecule has 4 nitrogen and oxygen atoms in total. The van der Waals surface area contributed by atoms with Crippen molar-refractivity contribution in [3.8, 4) is 5.82 Å². The zero-order chi connectivity index (χ0) is 22.8. The highest BCUT2D eigenvalue weighted by atomic mass is 31.2. The van der Waals surface area contributed by atoms with E-state index in [1.165, 1.54) is 10.6 Å². The Morgan fingerprint density at radius 3 is 1.91 bits per heavy atom. The Balaban J connectivity index is 1.92. The normalized spacial score (nSPS) is 12.0. The molecule has 0 fully saturated rings. The van der Waals surface area contributed by atoms with Crippen LogP contribution < -0.4 is 10.6 Å². The first-order chi connectivity index (χ1) is 15.3. The summed E-state index contributed by atoms with van der Waals surface area (Å²) in [5.41, 5.74) is 3.14. The number of nitrogens with zero attached hydrogens (tertiary/aromatic N) is 4. The molecule has 6 heteroatoms. The molecular formula is C26H31N4PSi. The molecule has 0 spiro atoms. The van der Waals surface area contributed by atoms with E-state index in [9.17, 15) is 0 Å². The van der Waals surface area contributed by atoms with Crippen LogP contribution in [0.3, 0.4) is 0 Å². The van der Waals surface area contributed by atoms with E-state index in [1.54, 1.807) is 0 Å². The van der Waals surface area contributed by atoms with E-state index >= 15 is 0 Å². The van der Waals surface area contributed by atoms with Gasteiger partial charge in [0.25, 0.3) is 0 Å². The first kappa shape index (κ1) is 22.4. The van der Waals surface area contributed by atoms with E-state index < -0.39 is 15.3 Å². The van der Waals surface area contributed by atoms with Gasteiger partial charge in [-0.2, -0.15) is 5.10 Å². The van der Waals surface area contributed by atoms with Crippen molar-refractivity contribution in [1.82, 2.24) is 14.8 Å². The van der Waals surface area contributed by atoms with Crippen molar-refractivity contribution in [3.63, 3.8) is 0 Å². The Morgan fingerprint density at radius 1 is 0.812 bits per heavy atom. The Morgan fingerprint density at radius 2 is 1.41 bits per heavy atom. The van der Waals surface area contributed by atoms with Crippen LogP contribution in [0.2, 0.25) is 19.6 Å². The molecule has 0 saturated heterocycles. The number of aryl methyl sites for hydroxylation is 2. The van der Waals surface area contributed by atoms with Gasteiger partial charge >= 0.3 is 0 Å². The van der Waals surface area contributed by atoms with Crippen molar-refractivity contribution in [1.29, 1.82) is 0 Å². The average Bonchev–Trinajstić information content (AvgIpc) is 3.11. The van der Waals surface area contributed by atoms with Crippen LogP contribution in [0.5, 0.6) is 0 Å². The second-order valence-corrected chi connectivity index (χ2v) is 17.2. The van der Waals surface area contributed by atoms with E-state index in [0.717, 1.165) is 29.1 Å². The van der Waals surface area contributed by atoms with E-state index in [-0.39, 0.29) is 0 Å². The number of pyridine rings is 1. The molecule has 164 valence electrons. The van der Waals surface area contributed by atoms with Gasteiger partial charge in [-0.05, 0) is 42.7 Å². The number of hydrogen-bond acceptors (Lipinski definition) is 3. The molecule has 0 bridgehead atoms. The first-order valence-corrected chi connectivity index (χ1v) is 16.4. The summed E-state index contributed by atoms with van der Waals surface area (Å²) in [5.74, 6) is 0.861. The molecule has 0 saturated carbocycles. The summed E-state index contributed by atoms with van der Waals surface area (Å²) < 4.78 is 7.62. The summed E-state index contributed by atoms with van der Waals surface area (Å²) in [5, 5.41) is 7.26. The number of hydrogen-bond donors (Lipinski definition) is 0. The van der Waals surface area contributed by atoms with Gasteiger partial charge in [0.05, 0.1) is 5.69 Å². The van der Waals surface area contributed by atoms with Gasteiger partial charge < -0.3 is 4.41 Å². The molecule has 4 rings (SSSR count). The fourth-order valence-electron chi connectivity index (χ4n) is 4.11. The molecule has 0 amide bonds. The lowest BCUT2D eigenvalue weighted by atomic mass is 10.3. The maximum absolute atomic E-state index is 5.69. The van der Waals surface area contributed by atoms with Crippen molar-refractivity contribution < 1.29 is 0 Å². The van der Waals surface area contributed by atoms with Gasteiger partial charge in [0.2, 0.25) is 0 Å². The van der Waals surface area contributed by atoms with Crippen LogP contribution in [0.1, 0.15) is 17.1 Å². The van der Waals surface area contributed by atoms with Gasteiger partial charge in [0.15, 0.2) is 14.1 Å². The van der Waals surface area contributed by atoms with Crippen LogP contribution >= 0.6 is 7.05 Å². The van der Waals surface area contributed by atoms with Gasteiger partial charge in [-0.1, -0.05) is 86.4 Å². The summed E-state index contributed by atoms with van der Waals surface area (Å²) >= 11 is 0. The molecule has 0 N–H and O–H groups in total. The van der Waals surface area contributed by atoms with Gasteiger partial charge in [-0.15, -0.1) is 0 Å². The zero-order valence-electron chi connectivity index (χ0n) is 19.5. The Labute approximate surface area is 192 Å². The molecule has 0 aliphatic heterocycles. The Kier molecular flexibility index (Phi) is 6.32. The molecule has 32 heavy (non-hydrogen) atoms. The second-order valence-electron chi connectivity index (χ2n) is 9.20.